The minimum absolute atomic E-state index is 0.307. The van der Waals surface area contributed by atoms with Crippen LogP contribution in [0, 0.1) is 5.92 Å². The summed E-state index contributed by atoms with van der Waals surface area (Å²) in [5, 5.41) is 0. The van der Waals surface area contributed by atoms with Crippen molar-refractivity contribution in [3.05, 3.63) is 35.9 Å². The number of hydrogen-bond donors (Lipinski definition) is 0. The largest absolute Gasteiger partial charge is 0.229 e. The summed E-state index contributed by atoms with van der Waals surface area (Å²) < 4.78 is 22.6. The lowest BCUT2D eigenvalue weighted by molar-refractivity contribution is 0.329. The fourth-order valence-corrected chi connectivity index (χ4v) is 4.39. The average molecular weight is 345 g/mol. The van der Waals surface area contributed by atoms with Crippen molar-refractivity contribution in [2.24, 2.45) is 5.92 Å². The van der Waals surface area contributed by atoms with Crippen LogP contribution in [0.3, 0.4) is 0 Å². The summed E-state index contributed by atoms with van der Waals surface area (Å²) >= 11 is 3.73. The Balaban J connectivity index is 2.00. The van der Waals surface area contributed by atoms with E-state index >= 15 is 0 Å². The highest BCUT2D eigenvalue weighted by Gasteiger charge is 2.29. The first-order valence-corrected chi connectivity index (χ1v) is 9.80. The van der Waals surface area contributed by atoms with Crippen LogP contribution in [-0.2, 0) is 9.84 Å². The number of halogens is 1. The highest BCUT2D eigenvalue weighted by molar-refractivity contribution is 9.09. The third-order valence-corrected chi connectivity index (χ3v) is 6.20. The molecule has 1 aliphatic rings. The van der Waals surface area contributed by atoms with Crippen LogP contribution in [0.2, 0.25) is 0 Å². The maximum absolute atomic E-state index is 11.3. The molecule has 0 aromatic heterocycles. The first-order chi connectivity index (χ1) is 8.96. The third kappa shape index (κ3) is 4.60. The molecule has 3 atom stereocenters. The summed E-state index contributed by atoms with van der Waals surface area (Å²) in [6.07, 6.45) is 5.52. The Morgan fingerprint density at radius 3 is 2.53 bits per heavy atom. The van der Waals surface area contributed by atoms with Gasteiger partial charge in [-0.25, -0.2) is 8.42 Å². The van der Waals surface area contributed by atoms with E-state index in [9.17, 15) is 8.42 Å². The summed E-state index contributed by atoms with van der Waals surface area (Å²) in [5.74, 6) is 1.36. The van der Waals surface area contributed by atoms with Gasteiger partial charge in [-0.05, 0) is 43.1 Å². The Labute approximate surface area is 124 Å². The normalized spacial score (nSPS) is 28.2. The quantitative estimate of drug-likeness (QED) is 0.779. The minimum Gasteiger partial charge on any atom is -0.229 e. The van der Waals surface area contributed by atoms with Crippen LogP contribution >= 0.6 is 15.9 Å². The second-order valence-corrected chi connectivity index (χ2v) is 9.05. The van der Waals surface area contributed by atoms with Crippen LogP contribution in [0.1, 0.15) is 37.2 Å². The summed E-state index contributed by atoms with van der Waals surface area (Å²) in [5.41, 5.74) is 1.39. The molecule has 0 saturated heterocycles. The molecule has 2 rings (SSSR count). The molecule has 1 aromatic carbocycles. The molecular formula is C15H21BrO2S. The molecule has 2 nitrogen and oxygen atoms in total. The maximum Gasteiger partial charge on any atom is 0.147 e. The predicted molar refractivity (Wildman–Crippen MR) is 83.6 cm³/mol. The van der Waals surface area contributed by atoms with Crippen molar-refractivity contribution in [2.45, 2.75) is 36.4 Å². The molecule has 1 aliphatic carbocycles. The summed E-state index contributed by atoms with van der Waals surface area (Å²) in [7, 11) is -2.85. The van der Waals surface area contributed by atoms with E-state index in [2.05, 4.69) is 40.2 Å². The van der Waals surface area contributed by atoms with Gasteiger partial charge in [0.2, 0.25) is 0 Å². The van der Waals surface area contributed by atoms with Crippen molar-refractivity contribution in [3.8, 4) is 0 Å². The predicted octanol–water partition coefficient (Wildman–Crippen LogP) is 3.77. The molecule has 0 heterocycles. The van der Waals surface area contributed by atoms with Crippen LogP contribution < -0.4 is 0 Å². The van der Waals surface area contributed by atoms with E-state index in [1.807, 2.05) is 6.07 Å². The van der Waals surface area contributed by atoms with Crippen molar-refractivity contribution in [1.82, 2.24) is 0 Å². The Kier molecular flexibility index (Phi) is 5.07. The minimum atomic E-state index is -2.85. The maximum atomic E-state index is 11.3. The number of rotatable bonds is 4. The lowest BCUT2D eigenvalue weighted by Gasteiger charge is -2.33. The molecule has 0 radical (unpaired) electrons. The Bertz CT molecular complexity index is 498. The zero-order chi connectivity index (χ0) is 13.9. The molecule has 4 heteroatoms. The second kappa shape index (κ2) is 6.40. The zero-order valence-electron chi connectivity index (χ0n) is 11.3. The first kappa shape index (κ1) is 15.0. The summed E-state index contributed by atoms with van der Waals surface area (Å²) in [6, 6.07) is 10.6. The van der Waals surface area contributed by atoms with Crippen LogP contribution in [0.15, 0.2) is 30.3 Å². The lowest BCUT2D eigenvalue weighted by atomic mass is 9.77. The molecule has 0 N–H and O–H groups in total. The topological polar surface area (TPSA) is 34.1 Å². The molecule has 3 unspecified atom stereocenters. The lowest BCUT2D eigenvalue weighted by Crippen LogP contribution is -2.26. The fourth-order valence-electron chi connectivity index (χ4n) is 2.92. The van der Waals surface area contributed by atoms with Gasteiger partial charge in [-0.3, -0.25) is 0 Å². The van der Waals surface area contributed by atoms with Crippen molar-refractivity contribution in [2.75, 3.05) is 12.0 Å². The van der Waals surface area contributed by atoms with Gasteiger partial charge in [0, 0.05) is 11.1 Å². The van der Waals surface area contributed by atoms with Gasteiger partial charge in [0.25, 0.3) is 0 Å². The van der Waals surface area contributed by atoms with E-state index in [0.717, 1.165) is 19.3 Å². The fraction of sp³-hybridized carbons (Fsp3) is 0.600. The average Bonchev–Trinajstić information content (AvgIpc) is 2.38. The number of sulfone groups is 1. The van der Waals surface area contributed by atoms with Crippen LogP contribution in [0.25, 0.3) is 0 Å². The SMILES string of the molecule is CS(=O)(=O)CCC1CC(c2ccccc2)CCC1Br. The number of benzene rings is 1. The third-order valence-electron chi connectivity index (χ3n) is 4.02. The van der Waals surface area contributed by atoms with Gasteiger partial charge in [-0.1, -0.05) is 46.3 Å². The molecule has 1 saturated carbocycles. The number of alkyl halides is 1. The van der Waals surface area contributed by atoms with Gasteiger partial charge in [-0.2, -0.15) is 0 Å². The van der Waals surface area contributed by atoms with Crippen LogP contribution in [0.4, 0.5) is 0 Å². The molecule has 1 aromatic rings. The molecule has 0 amide bonds. The van der Waals surface area contributed by atoms with Crippen molar-refractivity contribution >= 4 is 25.8 Å². The van der Waals surface area contributed by atoms with Crippen LogP contribution in [-0.4, -0.2) is 25.3 Å². The molecule has 19 heavy (non-hydrogen) atoms. The Morgan fingerprint density at radius 1 is 1.21 bits per heavy atom. The molecule has 0 bridgehead atoms. The Hall–Kier alpha value is -0.350. The van der Waals surface area contributed by atoms with Gasteiger partial charge in [0.05, 0.1) is 5.75 Å². The van der Waals surface area contributed by atoms with Gasteiger partial charge in [-0.15, -0.1) is 0 Å². The van der Waals surface area contributed by atoms with Gasteiger partial charge in [0.1, 0.15) is 9.84 Å². The second-order valence-electron chi connectivity index (χ2n) is 5.62. The standard InChI is InChI=1S/C15H21BrO2S/c1-19(17,18)10-9-14-11-13(7-8-15(14)16)12-5-3-2-4-6-12/h2-6,13-15H,7-11H2,1H3. The van der Waals surface area contributed by atoms with Gasteiger partial charge >= 0.3 is 0 Å². The van der Waals surface area contributed by atoms with Crippen molar-refractivity contribution in [3.63, 3.8) is 0 Å². The molecule has 0 spiro atoms. The monoisotopic (exact) mass is 344 g/mol. The first-order valence-electron chi connectivity index (χ1n) is 6.82. The van der Waals surface area contributed by atoms with E-state index in [1.165, 1.54) is 18.2 Å². The summed E-state index contributed by atoms with van der Waals surface area (Å²) in [6.45, 7) is 0. The zero-order valence-corrected chi connectivity index (χ0v) is 13.7. The van der Waals surface area contributed by atoms with E-state index in [0.29, 0.717) is 22.4 Å². The van der Waals surface area contributed by atoms with E-state index in [-0.39, 0.29) is 0 Å². The smallest absolute Gasteiger partial charge is 0.147 e. The highest BCUT2D eigenvalue weighted by atomic mass is 79.9. The summed E-state index contributed by atoms with van der Waals surface area (Å²) in [4.78, 5) is 0.467. The molecule has 0 aliphatic heterocycles. The molecule has 106 valence electrons. The number of hydrogen-bond acceptors (Lipinski definition) is 2. The van der Waals surface area contributed by atoms with E-state index in [1.54, 1.807) is 0 Å². The van der Waals surface area contributed by atoms with Crippen LogP contribution in [0.5, 0.6) is 0 Å². The molecular weight excluding hydrogens is 324 g/mol. The molecule has 1 fully saturated rings. The van der Waals surface area contributed by atoms with Crippen molar-refractivity contribution < 1.29 is 8.42 Å². The van der Waals surface area contributed by atoms with Gasteiger partial charge in [0.15, 0.2) is 0 Å². The van der Waals surface area contributed by atoms with Crippen molar-refractivity contribution in [1.29, 1.82) is 0 Å². The highest BCUT2D eigenvalue weighted by Crippen LogP contribution is 2.40. The Morgan fingerprint density at radius 2 is 1.89 bits per heavy atom. The van der Waals surface area contributed by atoms with E-state index < -0.39 is 9.84 Å². The van der Waals surface area contributed by atoms with E-state index in [4.69, 9.17) is 0 Å². The van der Waals surface area contributed by atoms with Gasteiger partial charge < -0.3 is 0 Å².